The molecule has 0 amide bonds. The van der Waals surface area contributed by atoms with Gasteiger partial charge in [0, 0.05) is 19.1 Å². The molecule has 1 aromatic carbocycles. The van der Waals surface area contributed by atoms with Crippen molar-refractivity contribution in [1.82, 2.24) is 5.32 Å². The summed E-state index contributed by atoms with van der Waals surface area (Å²) < 4.78 is 10.6. The zero-order chi connectivity index (χ0) is 11.4. The number of hydrogen-bond donors (Lipinski definition) is 2. The van der Waals surface area contributed by atoms with E-state index in [2.05, 4.69) is 11.9 Å². The van der Waals surface area contributed by atoms with E-state index in [0.29, 0.717) is 13.3 Å². The Bertz CT molecular complexity index is 379. The molecule has 0 bridgehead atoms. The largest absolute Gasteiger partial charge is 0.454 e. The molecule has 0 aliphatic carbocycles. The van der Waals surface area contributed by atoms with Gasteiger partial charge in [-0.1, -0.05) is 12.1 Å². The van der Waals surface area contributed by atoms with E-state index in [-0.39, 0.29) is 6.04 Å². The van der Waals surface area contributed by atoms with Crippen molar-refractivity contribution in [3.63, 3.8) is 0 Å². The van der Waals surface area contributed by atoms with E-state index in [1.165, 1.54) is 0 Å². The van der Waals surface area contributed by atoms with Gasteiger partial charge in [-0.25, -0.2) is 0 Å². The lowest BCUT2D eigenvalue weighted by molar-refractivity contribution is 0.174. The zero-order valence-electron chi connectivity index (χ0n) is 9.11. The SMILES string of the molecule is C=CCNC(CN)c1ccc2c(c1)OCO2. The fourth-order valence-electron chi connectivity index (χ4n) is 1.69. The van der Waals surface area contributed by atoms with Crippen LogP contribution in [-0.2, 0) is 0 Å². The lowest BCUT2D eigenvalue weighted by atomic mass is 10.1. The first-order valence-corrected chi connectivity index (χ1v) is 5.29. The summed E-state index contributed by atoms with van der Waals surface area (Å²) >= 11 is 0. The van der Waals surface area contributed by atoms with Crippen molar-refractivity contribution < 1.29 is 9.47 Å². The monoisotopic (exact) mass is 220 g/mol. The maximum Gasteiger partial charge on any atom is 0.231 e. The van der Waals surface area contributed by atoms with Crippen molar-refractivity contribution in [2.45, 2.75) is 6.04 Å². The second kappa shape index (κ2) is 5.01. The molecule has 0 saturated heterocycles. The van der Waals surface area contributed by atoms with Crippen LogP contribution in [-0.4, -0.2) is 19.9 Å². The Morgan fingerprint density at radius 1 is 1.44 bits per heavy atom. The smallest absolute Gasteiger partial charge is 0.231 e. The number of ether oxygens (including phenoxy) is 2. The van der Waals surface area contributed by atoms with Crippen LogP contribution in [0.5, 0.6) is 11.5 Å². The zero-order valence-corrected chi connectivity index (χ0v) is 9.11. The molecular weight excluding hydrogens is 204 g/mol. The Labute approximate surface area is 95.0 Å². The summed E-state index contributed by atoms with van der Waals surface area (Å²) in [5.41, 5.74) is 6.83. The molecule has 3 N–H and O–H groups in total. The molecule has 0 saturated carbocycles. The molecule has 1 aliphatic rings. The summed E-state index contributed by atoms with van der Waals surface area (Å²) in [5, 5.41) is 3.29. The molecule has 1 aliphatic heterocycles. The maximum absolute atomic E-state index is 5.72. The number of nitrogens with two attached hydrogens (primary N) is 1. The normalized spacial score (nSPS) is 14.8. The second-order valence-corrected chi connectivity index (χ2v) is 3.60. The summed E-state index contributed by atoms with van der Waals surface area (Å²) in [4.78, 5) is 0. The summed E-state index contributed by atoms with van der Waals surface area (Å²) in [6.07, 6.45) is 1.82. The van der Waals surface area contributed by atoms with Crippen molar-refractivity contribution >= 4 is 0 Å². The molecule has 0 spiro atoms. The van der Waals surface area contributed by atoms with E-state index in [4.69, 9.17) is 15.2 Å². The van der Waals surface area contributed by atoms with Gasteiger partial charge in [-0.2, -0.15) is 0 Å². The van der Waals surface area contributed by atoms with E-state index in [1.54, 1.807) is 0 Å². The molecule has 2 rings (SSSR count). The third kappa shape index (κ3) is 2.18. The van der Waals surface area contributed by atoms with Crippen LogP contribution < -0.4 is 20.5 Å². The average molecular weight is 220 g/mol. The van der Waals surface area contributed by atoms with Crippen LogP contribution in [0, 0.1) is 0 Å². The van der Waals surface area contributed by atoms with E-state index in [0.717, 1.165) is 23.6 Å². The summed E-state index contributed by atoms with van der Waals surface area (Å²) in [6, 6.07) is 6.00. The van der Waals surface area contributed by atoms with E-state index < -0.39 is 0 Å². The van der Waals surface area contributed by atoms with E-state index in [1.807, 2.05) is 24.3 Å². The number of nitrogens with one attached hydrogen (secondary N) is 1. The minimum atomic E-state index is 0.118. The summed E-state index contributed by atoms with van der Waals surface area (Å²) in [7, 11) is 0. The highest BCUT2D eigenvalue weighted by atomic mass is 16.7. The van der Waals surface area contributed by atoms with Crippen molar-refractivity contribution in [3.8, 4) is 11.5 Å². The Morgan fingerprint density at radius 2 is 2.25 bits per heavy atom. The van der Waals surface area contributed by atoms with Gasteiger partial charge < -0.3 is 20.5 Å². The standard InChI is InChI=1S/C12H16N2O2/c1-2-5-14-10(7-13)9-3-4-11-12(6-9)16-8-15-11/h2-4,6,10,14H,1,5,7-8,13H2. The molecule has 0 radical (unpaired) electrons. The van der Waals surface area contributed by atoms with Crippen LogP contribution in [0.2, 0.25) is 0 Å². The lowest BCUT2D eigenvalue weighted by Gasteiger charge is -2.16. The highest BCUT2D eigenvalue weighted by molar-refractivity contribution is 5.45. The van der Waals surface area contributed by atoms with Crippen molar-refractivity contribution in [1.29, 1.82) is 0 Å². The van der Waals surface area contributed by atoms with Gasteiger partial charge in [0.05, 0.1) is 0 Å². The molecule has 0 aromatic heterocycles. The van der Waals surface area contributed by atoms with Crippen molar-refractivity contribution in [2.24, 2.45) is 5.73 Å². The van der Waals surface area contributed by atoms with Gasteiger partial charge in [-0.3, -0.25) is 0 Å². The molecule has 0 fully saturated rings. The summed E-state index contributed by atoms with van der Waals surface area (Å²) in [6.45, 7) is 5.24. The van der Waals surface area contributed by atoms with Crippen LogP contribution in [0.3, 0.4) is 0 Å². The van der Waals surface area contributed by atoms with Gasteiger partial charge in [0.1, 0.15) is 0 Å². The predicted molar refractivity (Wildman–Crippen MR) is 62.6 cm³/mol. The van der Waals surface area contributed by atoms with E-state index >= 15 is 0 Å². The highest BCUT2D eigenvalue weighted by Gasteiger charge is 2.16. The van der Waals surface area contributed by atoms with Crippen LogP contribution in [0.25, 0.3) is 0 Å². The minimum absolute atomic E-state index is 0.118. The lowest BCUT2D eigenvalue weighted by Crippen LogP contribution is -2.28. The first kappa shape index (κ1) is 11.0. The van der Waals surface area contributed by atoms with Crippen molar-refractivity contribution in [2.75, 3.05) is 19.9 Å². The quantitative estimate of drug-likeness (QED) is 0.732. The molecule has 1 heterocycles. The summed E-state index contributed by atoms with van der Waals surface area (Å²) in [5.74, 6) is 1.58. The highest BCUT2D eigenvalue weighted by Crippen LogP contribution is 2.33. The molecule has 86 valence electrons. The Balaban J connectivity index is 2.15. The maximum atomic E-state index is 5.72. The van der Waals surface area contributed by atoms with Gasteiger partial charge in [0.2, 0.25) is 6.79 Å². The third-order valence-electron chi connectivity index (χ3n) is 2.54. The second-order valence-electron chi connectivity index (χ2n) is 3.60. The van der Waals surface area contributed by atoms with Crippen LogP contribution >= 0.6 is 0 Å². The number of benzene rings is 1. The van der Waals surface area contributed by atoms with Crippen molar-refractivity contribution in [3.05, 3.63) is 36.4 Å². The predicted octanol–water partition coefficient (Wildman–Crippen LogP) is 1.19. The fraction of sp³-hybridized carbons (Fsp3) is 0.333. The number of hydrogen-bond acceptors (Lipinski definition) is 4. The fourth-order valence-corrected chi connectivity index (χ4v) is 1.69. The number of fused-ring (bicyclic) bond motifs is 1. The van der Waals surface area contributed by atoms with Gasteiger partial charge in [-0.05, 0) is 17.7 Å². The molecule has 16 heavy (non-hydrogen) atoms. The van der Waals surface area contributed by atoms with Crippen LogP contribution in [0.15, 0.2) is 30.9 Å². The van der Waals surface area contributed by atoms with Crippen LogP contribution in [0.4, 0.5) is 0 Å². The Morgan fingerprint density at radius 3 is 3.00 bits per heavy atom. The molecular formula is C12H16N2O2. The van der Waals surface area contributed by atoms with Gasteiger partial charge >= 0.3 is 0 Å². The molecule has 4 nitrogen and oxygen atoms in total. The van der Waals surface area contributed by atoms with Crippen LogP contribution in [0.1, 0.15) is 11.6 Å². The minimum Gasteiger partial charge on any atom is -0.454 e. The first-order valence-electron chi connectivity index (χ1n) is 5.29. The van der Waals surface area contributed by atoms with Gasteiger partial charge in [0.25, 0.3) is 0 Å². The molecule has 4 heteroatoms. The van der Waals surface area contributed by atoms with Gasteiger partial charge in [-0.15, -0.1) is 6.58 Å². The molecule has 1 atom stereocenters. The van der Waals surface area contributed by atoms with Gasteiger partial charge in [0.15, 0.2) is 11.5 Å². The topological polar surface area (TPSA) is 56.5 Å². The number of rotatable bonds is 5. The first-order chi connectivity index (χ1) is 7.85. The molecule has 1 unspecified atom stereocenters. The molecule has 1 aromatic rings. The van der Waals surface area contributed by atoms with E-state index in [9.17, 15) is 0 Å². The average Bonchev–Trinajstić information content (AvgIpc) is 2.77. The Kier molecular flexibility index (Phi) is 3.44. The Hall–Kier alpha value is -1.52. The third-order valence-corrected chi connectivity index (χ3v) is 2.54.